The molecule has 0 fully saturated rings. The van der Waals surface area contributed by atoms with Gasteiger partial charge in [-0.1, -0.05) is 6.07 Å². The van der Waals surface area contributed by atoms with E-state index in [2.05, 4.69) is 22.6 Å². The lowest BCUT2D eigenvalue weighted by Crippen LogP contribution is -1.82. The molecule has 0 aliphatic heterocycles. The number of nitrogens with two attached hydrogens (primary N) is 1. The molecule has 0 atom stereocenters. The number of nitrogen functional groups attached to an aromatic ring is 1. The van der Waals surface area contributed by atoms with Crippen LogP contribution >= 0.6 is 39.6 Å². The van der Waals surface area contributed by atoms with E-state index >= 15 is 0 Å². The van der Waals surface area contributed by atoms with E-state index in [0.717, 1.165) is 5.69 Å². The summed E-state index contributed by atoms with van der Waals surface area (Å²) < 4.78 is 1.18. The van der Waals surface area contributed by atoms with Crippen molar-refractivity contribution in [1.82, 2.24) is 0 Å². The fourth-order valence-electron chi connectivity index (χ4n) is 0.507. The monoisotopic (exact) mass is 299 g/mol. The lowest BCUT2D eigenvalue weighted by molar-refractivity contribution is 1.63. The van der Waals surface area contributed by atoms with Crippen molar-refractivity contribution in [1.29, 1.82) is 0 Å². The first-order valence-corrected chi connectivity index (χ1v) is 3.38. The van der Waals surface area contributed by atoms with Crippen LogP contribution in [0.4, 0.5) is 5.69 Å². The molecule has 9 heavy (non-hydrogen) atoms. The van der Waals surface area contributed by atoms with Crippen molar-refractivity contribution in [2.24, 2.45) is 0 Å². The van der Waals surface area contributed by atoms with Crippen molar-refractivity contribution >= 4 is 45.3 Å². The van der Waals surface area contributed by atoms with Crippen molar-refractivity contribution in [3.8, 4) is 0 Å². The zero-order chi connectivity index (χ0) is 5.98. The molecule has 1 rings (SSSR count). The van der Waals surface area contributed by atoms with Gasteiger partial charge in [-0.2, -0.15) is 0 Å². The standard InChI is InChI=1S/C6H6IN.BrH/c7-5-2-1-3-6(8)4-5;/h1-4H,8H2;1H. The summed E-state index contributed by atoms with van der Waals surface area (Å²) in [5.41, 5.74) is 6.28. The summed E-state index contributed by atoms with van der Waals surface area (Å²) in [4.78, 5) is 0. The number of rotatable bonds is 0. The molecule has 1 aromatic rings. The van der Waals surface area contributed by atoms with Crippen LogP contribution in [-0.2, 0) is 0 Å². The molecule has 0 aromatic heterocycles. The summed E-state index contributed by atoms with van der Waals surface area (Å²) in [6.45, 7) is 0. The highest BCUT2D eigenvalue weighted by molar-refractivity contribution is 14.1. The summed E-state index contributed by atoms with van der Waals surface area (Å²) in [6, 6.07) is 7.76. The fourth-order valence-corrected chi connectivity index (χ4v) is 1.07. The molecule has 0 heterocycles. The summed E-state index contributed by atoms with van der Waals surface area (Å²) >= 11 is 2.23. The Balaban J connectivity index is 0.000000640. The smallest absolute Gasteiger partial charge is 0.0324 e. The largest absolute Gasteiger partial charge is 0.399 e. The summed E-state index contributed by atoms with van der Waals surface area (Å²) in [7, 11) is 0. The molecule has 0 radical (unpaired) electrons. The number of halogens is 2. The predicted molar refractivity (Wildman–Crippen MR) is 53.9 cm³/mol. The zero-order valence-corrected chi connectivity index (χ0v) is 8.54. The molecule has 0 saturated carbocycles. The normalized spacial score (nSPS) is 8.11. The first kappa shape index (κ1) is 9.23. The first-order valence-electron chi connectivity index (χ1n) is 2.30. The van der Waals surface area contributed by atoms with E-state index < -0.39 is 0 Å². The van der Waals surface area contributed by atoms with Gasteiger partial charge >= 0.3 is 0 Å². The van der Waals surface area contributed by atoms with E-state index in [1.807, 2.05) is 24.3 Å². The van der Waals surface area contributed by atoms with E-state index in [4.69, 9.17) is 5.73 Å². The van der Waals surface area contributed by atoms with Gasteiger partial charge in [-0.05, 0) is 40.8 Å². The third-order valence-corrected chi connectivity index (χ3v) is 1.52. The van der Waals surface area contributed by atoms with Gasteiger partial charge in [0.1, 0.15) is 0 Å². The molecule has 2 N–H and O–H groups in total. The Labute approximate surface area is 78.5 Å². The number of hydrogen-bond donors (Lipinski definition) is 1. The number of anilines is 1. The minimum Gasteiger partial charge on any atom is -0.399 e. The van der Waals surface area contributed by atoms with Crippen LogP contribution in [0.2, 0.25) is 0 Å². The molecule has 0 aliphatic rings. The van der Waals surface area contributed by atoms with E-state index in [9.17, 15) is 0 Å². The Morgan fingerprint density at radius 1 is 1.33 bits per heavy atom. The Morgan fingerprint density at radius 2 is 2.00 bits per heavy atom. The van der Waals surface area contributed by atoms with E-state index in [-0.39, 0.29) is 17.0 Å². The average molecular weight is 300 g/mol. The Bertz CT molecular complexity index is 173. The SMILES string of the molecule is Br.Nc1cccc(I)c1. The molecule has 1 nitrogen and oxygen atoms in total. The van der Waals surface area contributed by atoms with Gasteiger partial charge in [0, 0.05) is 9.26 Å². The molecule has 0 amide bonds. The second-order valence-corrected chi connectivity index (χ2v) is 2.80. The lowest BCUT2D eigenvalue weighted by atomic mass is 10.3. The van der Waals surface area contributed by atoms with Crippen molar-refractivity contribution in [3.05, 3.63) is 27.8 Å². The van der Waals surface area contributed by atoms with E-state index in [1.165, 1.54) is 3.57 Å². The van der Waals surface area contributed by atoms with Crippen LogP contribution in [0.1, 0.15) is 0 Å². The first-order chi connectivity index (χ1) is 3.79. The molecule has 0 spiro atoms. The van der Waals surface area contributed by atoms with E-state index in [1.54, 1.807) is 0 Å². The maximum absolute atomic E-state index is 5.45. The highest BCUT2D eigenvalue weighted by Crippen LogP contribution is 2.07. The quantitative estimate of drug-likeness (QED) is 0.578. The van der Waals surface area contributed by atoms with Crippen molar-refractivity contribution < 1.29 is 0 Å². The van der Waals surface area contributed by atoms with Gasteiger partial charge in [0.05, 0.1) is 0 Å². The maximum atomic E-state index is 5.45. The van der Waals surface area contributed by atoms with Gasteiger partial charge in [0.2, 0.25) is 0 Å². The molecule has 0 saturated heterocycles. The van der Waals surface area contributed by atoms with Crippen molar-refractivity contribution in [3.63, 3.8) is 0 Å². The van der Waals surface area contributed by atoms with Gasteiger partial charge in [-0.25, -0.2) is 0 Å². The third-order valence-electron chi connectivity index (χ3n) is 0.849. The molecular formula is C6H7BrIN. The van der Waals surface area contributed by atoms with E-state index in [0.29, 0.717) is 0 Å². The second-order valence-electron chi connectivity index (χ2n) is 1.56. The van der Waals surface area contributed by atoms with Gasteiger partial charge in [-0.3, -0.25) is 0 Å². The molecule has 0 unspecified atom stereocenters. The third kappa shape index (κ3) is 3.05. The number of benzene rings is 1. The molecule has 1 aromatic carbocycles. The zero-order valence-electron chi connectivity index (χ0n) is 4.67. The minimum absolute atomic E-state index is 0. The van der Waals surface area contributed by atoms with Gasteiger partial charge in [0.25, 0.3) is 0 Å². The molecule has 0 aliphatic carbocycles. The highest BCUT2D eigenvalue weighted by atomic mass is 127. The lowest BCUT2D eigenvalue weighted by Gasteiger charge is -1.89. The summed E-state index contributed by atoms with van der Waals surface area (Å²) in [5, 5.41) is 0. The van der Waals surface area contributed by atoms with Crippen LogP contribution < -0.4 is 5.73 Å². The number of hydrogen-bond acceptors (Lipinski definition) is 1. The van der Waals surface area contributed by atoms with Crippen LogP contribution in [0.15, 0.2) is 24.3 Å². The average Bonchev–Trinajstić information content (AvgIpc) is 1.64. The minimum atomic E-state index is 0. The fraction of sp³-hybridized carbons (Fsp3) is 0. The van der Waals surface area contributed by atoms with Crippen molar-refractivity contribution in [2.45, 2.75) is 0 Å². The Morgan fingerprint density at radius 3 is 2.33 bits per heavy atom. The second kappa shape index (κ2) is 4.11. The van der Waals surface area contributed by atoms with Crippen LogP contribution in [0.3, 0.4) is 0 Å². The molecule has 50 valence electrons. The summed E-state index contributed by atoms with van der Waals surface area (Å²) in [6.07, 6.45) is 0. The molecular weight excluding hydrogens is 293 g/mol. The predicted octanol–water partition coefficient (Wildman–Crippen LogP) is 2.45. The van der Waals surface area contributed by atoms with Crippen LogP contribution in [-0.4, -0.2) is 0 Å². The maximum Gasteiger partial charge on any atom is 0.0324 e. The molecule has 3 heteroatoms. The Kier molecular flexibility index (Phi) is 4.22. The van der Waals surface area contributed by atoms with Gasteiger partial charge in [-0.15, -0.1) is 17.0 Å². The van der Waals surface area contributed by atoms with Crippen LogP contribution in [0.25, 0.3) is 0 Å². The Hall–Kier alpha value is 0.230. The molecule has 0 bridgehead atoms. The van der Waals surface area contributed by atoms with Gasteiger partial charge < -0.3 is 5.73 Å². The topological polar surface area (TPSA) is 26.0 Å². The highest BCUT2D eigenvalue weighted by Gasteiger charge is 1.82. The van der Waals surface area contributed by atoms with Crippen LogP contribution in [0, 0.1) is 3.57 Å². The van der Waals surface area contributed by atoms with Crippen molar-refractivity contribution in [2.75, 3.05) is 5.73 Å². The summed E-state index contributed by atoms with van der Waals surface area (Å²) in [5.74, 6) is 0. The van der Waals surface area contributed by atoms with Crippen LogP contribution in [0.5, 0.6) is 0 Å². The van der Waals surface area contributed by atoms with Gasteiger partial charge in [0.15, 0.2) is 0 Å².